The molecule has 1 unspecified atom stereocenters. The molecule has 19 heavy (non-hydrogen) atoms. The molecule has 1 aromatic rings. The van der Waals surface area contributed by atoms with Gasteiger partial charge in [-0.25, -0.2) is 8.78 Å². The molecular formula is C12H17F2N3O2. The number of methoxy groups -OCH3 is 2. The summed E-state index contributed by atoms with van der Waals surface area (Å²) in [5.74, 6) is -2.01. The van der Waals surface area contributed by atoms with Crippen LogP contribution in [0.5, 0.6) is 0 Å². The van der Waals surface area contributed by atoms with Crippen LogP contribution in [0.25, 0.3) is 0 Å². The molecule has 0 aliphatic rings. The van der Waals surface area contributed by atoms with Crippen LogP contribution in [0.4, 0.5) is 14.5 Å². The Morgan fingerprint density at radius 3 is 2.37 bits per heavy atom. The maximum absolute atomic E-state index is 13.7. The summed E-state index contributed by atoms with van der Waals surface area (Å²) in [7, 11) is 2.99. The van der Waals surface area contributed by atoms with Gasteiger partial charge in [0.15, 0.2) is 0 Å². The van der Waals surface area contributed by atoms with Crippen molar-refractivity contribution in [3.8, 4) is 0 Å². The minimum Gasteiger partial charge on any atom is -0.384 e. The van der Waals surface area contributed by atoms with E-state index in [1.165, 1.54) is 14.2 Å². The first kappa shape index (κ1) is 15.3. The van der Waals surface area contributed by atoms with Gasteiger partial charge in [0.1, 0.15) is 23.2 Å². The van der Waals surface area contributed by atoms with Crippen LogP contribution in [0.1, 0.15) is 5.56 Å². The second-order valence-corrected chi connectivity index (χ2v) is 3.92. The molecular weight excluding hydrogens is 256 g/mol. The van der Waals surface area contributed by atoms with E-state index < -0.39 is 17.5 Å². The SMILES string of the molecule is COCC(CNc1c(F)cc(C(=N)N)cc1F)OC. The van der Waals surface area contributed by atoms with E-state index in [9.17, 15) is 8.78 Å². The summed E-state index contributed by atoms with van der Waals surface area (Å²) in [5, 5.41) is 9.76. The summed E-state index contributed by atoms with van der Waals surface area (Å²) in [6, 6.07) is 2.01. The highest BCUT2D eigenvalue weighted by atomic mass is 19.1. The summed E-state index contributed by atoms with van der Waals surface area (Å²) in [4.78, 5) is 0. The normalized spacial score (nSPS) is 12.2. The van der Waals surface area contributed by atoms with E-state index in [1.54, 1.807) is 0 Å². The van der Waals surface area contributed by atoms with Gasteiger partial charge in [0.2, 0.25) is 0 Å². The molecule has 0 amide bonds. The van der Waals surface area contributed by atoms with E-state index in [1.807, 2.05) is 0 Å². The summed E-state index contributed by atoms with van der Waals surface area (Å²) in [5.41, 5.74) is 4.90. The van der Waals surface area contributed by atoms with Crippen LogP contribution >= 0.6 is 0 Å². The Morgan fingerprint density at radius 1 is 1.37 bits per heavy atom. The molecule has 0 heterocycles. The zero-order valence-electron chi connectivity index (χ0n) is 10.8. The minimum atomic E-state index is -0.808. The Kier molecular flexibility index (Phi) is 5.65. The molecule has 0 aliphatic heterocycles. The lowest BCUT2D eigenvalue weighted by Gasteiger charge is -2.17. The highest BCUT2D eigenvalue weighted by Gasteiger charge is 2.14. The standard InChI is InChI=1S/C12H17F2N3O2/c1-18-6-8(19-2)5-17-11-9(13)3-7(12(15)16)4-10(11)14/h3-4,8,17H,5-6H2,1-2H3,(H3,15,16). The zero-order chi connectivity index (χ0) is 14.4. The predicted octanol–water partition coefficient (Wildman–Crippen LogP) is 1.32. The van der Waals surface area contributed by atoms with Crippen LogP contribution < -0.4 is 11.1 Å². The molecule has 0 aliphatic carbocycles. The fourth-order valence-corrected chi connectivity index (χ4v) is 1.51. The Hall–Kier alpha value is -1.73. The van der Waals surface area contributed by atoms with Gasteiger partial charge in [0, 0.05) is 26.3 Å². The number of hydrogen-bond acceptors (Lipinski definition) is 4. The molecule has 1 atom stereocenters. The number of benzene rings is 1. The second kappa shape index (κ2) is 7.01. The molecule has 4 N–H and O–H groups in total. The van der Waals surface area contributed by atoms with Crippen molar-refractivity contribution in [3.05, 3.63) is 29.3 Å². The average molecular weight is 273 g/mol. The molecule has 7 heteroatoms. The average Bonchev–Trinajstić information content (AvgIpc) is 2.36. The van der Waals surface area contributed by atoms with Gasteiger partial charge in [-0.05, 0) is 12.1 Å². The maximum Gasteiger partial charge on any atom is 0.150 e. The molecule has 0 radical (unpaired) electrons. The van der Waals surface area contributed by atoms with Crippen molar-refractivity contribution in [2.45, 2.75) is 6.10 Å². The van der Waals surface area contributed by atoms with Gasteiger partial charge in [0.05, 0.1) is 12.7 Å². The first-order valence-electron chi connectivity index (χ1n) is 5.58. The van der Waals surface area contributed by atoms with Crippen LogP contribution in [-0.4, -0.2) is 39.3 Å². The number of nitrogens with two attached hydrogens (primary N) is 1. The highest BCUT2D eigenvalue weighted by Crippen LogP contribution is 2.20. The predicted molar refractivity (Wildman–Crippen MR) is 68.5 cm³/mol. The lowest BCUT2D eigenvalue weighted by molar-refractivity contribution is 0.0365. The largest absolute Gasteiger partial charge is 0.384 e. The Labute approximate surface area is 110 Å². The summed E-state index contributed by atoms with van der Waals surface area (Å²) < 4.78 is 37.3. The number of nitrogens with one attached hydrogen (secondary N) is 2. The van der Waals surface area contributed by atoms with Crippen molar-refractivity contribution in [1.29, 1.82) is 5.41 Å². The molecule has 0 fully saturated rings. The Bertz CT molecular complexity index is 432. The van der Waals surface area contributed by atoms with Crippen LogP contribution in [0.2, 0.25) is 0 Å². The smallest absolute Gasteiger partial charge is 0.150 e. The Morgan fingerprint density at radius 2 is 1.95 bits per heavy atom. The summed E-state index contributed by atoms with van der Waals surface area (Å²) >= 11 is 0. The third kappa shape index (κ3) is 4.15. The third-order valence-electron chi connectivity index (χ3n) is 2.55. The topological polar surface area (TPSA) is 80.4 Å². The van der Waals surface area contributed by atoms with Gasteiger partial charge in [-0.1, -0.05) is 0 Å². The molecule has 5 nitrogen and oxygen atoms in total. The minimum absolute atomic E-state index is 0.000679. The van der Waals surface area contributed by atoms with Crippen LogP contribution in [0, 0.1) is 17.0 Å². The lowest BCUT2D eigenvalue weighted by Crippen LogP contribution is -2.27. The quantitative estimate of drug-likeness (QED) is 0.517. The van der Waals surface area contributed by atoms with Gasteiger partial charge in [-0.15, -0.1) is 0 Å². The van der Waals surface area contributed by atoms with Crippen molar-refractivity contribution >= 4 is 11.5 Å². The van der Waals surface area contributed by atoms with Crippen molar-refractivity contribution < 1.29 is 18.3 Å². The number of halogens is 2. The third-order valence-corrected chi connectivity index (χ3v) is 2.55. The lowest BCUT2D eigenvalue weighted by atomic mass is 10.1. The first-order chi connectivity index (χ1) is 8.99. The van der Waals surface area contributed by atoms with E-state index in [0.29, 0.717) is 6.61 Å². The number of hydrogen-bond donors (Lipinski definition) is 3. The molecule has 0 bridgehead atoms. The van der Waals surface area contributed by atoms with E-state index in [2.05, 4.69) is 5.32 Å². The number of nitrogen functional groups attached to an aromatic ring is 1. The van der Waals surface area contributed by atoms with Crippen molar-refractivity contribution in [3.63, 3.8) is 0 Å². The number of ether oxygens (including phenoxy) is 2. The molecule has 1 aromatic carbocycles. The van der Waals surface area contributed by atoms with Crippen molar-refractivity contribution in [1.82, 2.24) is 0 Å². The van der Waals surface area contributed by atoms with Crippen LogP contribution in [0.15, 0.2) is 12.1 Å². The van der Waals surface area contributed by atoms with E-state index in [4.69, 9.17) is 20.6 Å². The monoisotopic (exact) mass is 273 g/mol. The second-order valence-electron chi connectivity index (χ2n) is 3.92. The van der Waals surface area contributed by atoms with Crippen molar-refractivity contribution in [2.24, 2.45) is 5.73 Å². The molecule has 1 rings (SSSR count). The maximum atomic E-state index is 13.7. The van der Waals surface area contributed by atoms with Crippen LogP contribution in [0.3, 0.4) is 0 Å². The van der Waals surface area contributed by atoms with Gasteiger partial charge >= 0.3 is 0 Å². The molecule has 0 saturated heterocycles. The van der Waals surface area contributed by atoms with E-state index in [0.717, 1.165) is 12.1 Å². The first-order valence-corrected chi connectivity index (χ1v) is 5.58. The van der Waals surface area contributed by atoms with Gasteiger partial charge in [-0.3, -0.25) is 5.41 Å². The van der Waals surface area contributed by atoms with E-state index in [-0.39, 0.29) is 23.9 Å². The zero-order valence-corrected chi connectivity index (χ0v) is 10.8. The van der Waals surface area contributed by atoms with Crippen molar-refractivity contribution in [2.75, 3.05) is 32.7 Å². The van der Waals surface area contributed by atoms with Gasteiger partial charge in [-0.2, -0.15) is 0 Å². The number of amidine groups is 1. The van der Waals surface area contributed by atoms with Gasteiger partial charge < -0.3 is 20.5 Å². The molecule has 0 saturated carbocycles. The highest BCUT2D eigenvalue weighted by molar-refractivity contribution is 5.95. The summed E-state index contributed by atoms with van der Waals surface area (Å²) in [6.07, 6.45) is -0.323. The number of anilines is 1. The molecule has 0 spiro atoms. The fourth-order valence-electron chi connectivity index (χ4n) is 1.51. The summed E-state index contributed by atoms with van der Waals surface area (Å²) in [6.45, 7) is 0.496. The van der Waals surface area contributed by atoms with Gasteiger partial charge in [0.25, 0.3) is 0 Å². The molecule has 106 valence electrons. The van der Waals surface area contributed by atoms with E-state index >= 15 is 0 Å². The number of rotatable bonds is 7. The van der Waals surface area contributed by atoms with Crippen LogP contribution in [-0.2, 0) is 9.47 Å². The fraction of sp³-hybridized carbons (Fsp3) is 0.417. The molecule has 0 aromatic heterocycles. The Balaban J connectivity index is 2.81.